The highest BCUT2D eigenvalue weighted by atomic mass is 32.1. The molecule has 1 rings (SSSR count). The fourth-order valence-corrected chi connectivity index (χ4v) is 1.22. The van der Waals surface area contributed by atoms with E-state index < -0.39 is 0 Å². The zero-order valence-corrected chi connectivity index (χ0v) is 8.02. The molecule has 1 fully saturated rings. The Kier molecular flexibility index (Phi) is 3.67. The largest absolute Gasteiger partial charge is 0.304 e. The van der Waals surface area contributed by atoms with Crippen LogP contribution < -0.4 is 16.7 Å². The maximum atomic E-state index is 5.13. The van der Waals surface area contributed by atoms with Gasteiger partial charge in [-0.3, -0.25) is 10.9 Å². The van der Waals surface area contributed by atoms with Crippen molar-refractivity contribution in [2.24, 2.45) is 5.84 Å². The van der Waals surface area contributed by atoms with E-state index in [1.165, 1.54) is 0 Å². The van der Waals surface area contributed by atoms with Crippen molar-refractivity contribution in [1.82, 2.24) is 20.8 Å². The molecule has 5 nitrogen and oxygen atoms in total. The molecule has 0 bridgehead atoms. The molecule has 0 aromatic rings. The summed E-state index contributed by atoms with van der Waals surface area (Å²) in [4.78, 5) is 2.27. The van der Waals surface area contributed by atoms with Gasteiger partial charge in [-0.2, -0.15) is 0 Å². The third kappa shape index (κ3) is 2.90. The van der Waals surface area contributed by atoms with E-state index in [-0.39, 0.29) is 0 Å². The number of thiocarbonyl (C=S) groups is 1. The number of rotatable bonds is 1. The fraction of sp³-hybridized carbons (Fsp3) is 0.833. The number of hydrogen-bond acceptors (Lipinski definition) is 4. The van der Waals surface area contributed by atoms with Crippen molar-refractivity contribution in [3.05, 3.63) is 0 Å². The molecule has 0 aromatic carbocycles. The first-order chi connectivity index (χ1) is 5.72. The molecule has 0 saturated carbocycles. The minimum absolute atomic E-state index is 0.472. The third-order valence-electron chi connectivity index (χ3n) is 1.89. The normalized spacial score (nSPS) is 20.5. The number of nitrogens with two attached hydrogens (primary N) is 1. The molecule has 0 spiro atoms. The first-order valence-corrected chi connectivity index (χ1v) is 4.34. The van der Waals surface area contributed by atoms with Gasteiger partial charge in [0, 0.05) is 26.2 Å². The summed E-state index contributed by atoms with van der Waals surface area (Å²) >= 11 is 4.86. The van der Waals surface area contributed by atoms with Crippen molar-refractivity contribution in [2.45, 2.75) is 0 Å². The lowest BCUT2D eigenvalue weighted by Crippen LogP contribution is -2.55. The average molecular weight is 189 g/mol. The molecule has 12 heavy (non-hydrogen) atoms. The van der Waals surface area contributed by atoms with Gasteiger partial charge in [-0.05, 0) is 19.3 Å². The third-order valence-corrected chi connectivity index (χ3v) is 2.10. The van der Waals surface area contributed by atoms with Crippen molar-refractivity contribution in [3.8, 4) is 0 Å². The number of piperazine rings is 1. The highest BCUT2D eigenvalue weighted by molar-refractivity contribution is 7.80. The van der Waals surface area contributed by atoms with E-state index in [2.05, 4.69) is 27.8 Å². The molecule has 0 aliphatic carbocycles. The van der Waals surface area contributed by atoms with Crippen LogP contribution in [0.2, 0.25) is 0 Å². The van der Waals surface area contributed by atoms with Gasteiger partial charge in [0.25, 0.3) is 0 Å². The highest BCUT2D eigenvalue weighted by Crippen LogP contribution is 1.94. The Morgan fingerprint density at radius 2 is 1.92 bits per heavy atom. The van der Waals surface area contributed by atoms with Crippen LogP contribution in [0, 0.1) is 0 Å². The van der Waals surface area contributed by atoms with Gasteiger partial charge in [0.1, 0.15) is 0 Å². The molecule has 1 aliphatic rings. The second kappa shape index (κ2) is 4.56. The van der Waals surface area contributed by atoms with Crippen LogP contribution in [0.15, 0.2) is 0 Å². The lowest BCUT2D eigenvalue weighted by Gasteiger charge is -2.32. The SMILES string of the molecule is CN1CCN(NC(=S)NN)CC1. The van der Waals surface area contributed by atoms with E-state index >= 15 is 0 Å². The topological polar surface area (TPSA) is 56.6 Å². The monoisotopic (exact) mass is 189 g/mol. The zero-order valence-electron chi connectivity index (χ0n) is 7.21. The molecule has 0 radical (unpaired) electrons. The summed E-state index contributed by atoms with van der Waals surface area (Å²) in [5, 5.41) is 2.53. The van der Waals surface area contributed by atoms with Crippen LogP contribution in [-0.2, 0) is 0 Å². The van der Waals surface area contributed by atoms with Crippen LogP contribution in [0.4, 0.5) is 0 Å². The second-order valence-corrected chi connectivity index (χ2v) is 3.28. The summed E-state index contributed by atoms with van der Waals surface area (Å²) < 4.78 is 0. The van der Waals surface area contributed by atoms with Crippen LogP contribution in [0.5, 0.6) is 0 Å². The Bertz CT molecular complexity index is 154. The first-order valence-electron chi connectivity index (χ1n) is 3.93. The lowest BCUT2D eigenvalue weighted by atomic mass is 10.4. The number of hydrazine groups is 2. The molecule has 1 heterocycles. The Morgan fingerprint density at radius 3 is 2.42 bits per heavy atom. The maximum Gasteiger partial charge on any atom is 0.195 e. The van der Waals surface area contributed by atoms with Gasteiger partial charge in [-0.1, -0.05) is 0 Å². The van der Waals surface area contributed by atoms with E-state index in [1.54, 1.807) is 0 Å². The zero-order chi connectivity index (χ0) is 8.97. The number of likely N-dealkylation sites (N-methyl/N-ethyl adjacent to an activating group) is 1. The predicted octanol–water partition coefficient (Wildman–Crippen LogP) is -1.51. The minimum atomic E-state index is 0.472. The van der Waals surface area contributed by atoms with Crippen LogP contribution in [0.1, 0.15) is 0 Å². The van der Waals surface area contributed by atoms with Gasteiger partial charge < -0.3 is 4.90 Å². The van der Waals surface area contributed by atoms with Gasteiger partial charge in [0.15, 0.2) is 5.11 Å². The van der Waals surface area contributed by atoms with Crippen LogP contribution in [-0.4, -0.2) is 48.2 Å². The Hall–Kier alpha value is -0.430. The summed E-state index contributed by atoms with van der Waals surface area (Å²) in [6.07, 6.45) is 0. The van der Waals surface area contributed by atoms with Crippen LogP contribution in [0.25, 0.3) is 0 Å². The van der Waals surface area contributed by atoms with Crippen molar-refractivity contribution in [2.75, 3.05) is 33.2 Å². The van der Waals surface area contributed by atoms with Crippen LogP contribution in [0.3, 0.4) is 0 Å². The molecule has 0 aromatic heterocycles. The molecule has 0 atom stereocenters. The van der Waals surface area contributed by atoms with Crippen molar-refractivity contribution in [3.63, 3.8) is 0 Å². The standard InChI is InChI=1S/C6H15N5S/c1-10-2-4-11(5-3-10)9-6(12)8-7/h2-5,7H2,1H3,(H2,8,9,12). The summed E-state index contributed by atoms with van der Waals surface area (Å²) in [6.45, 7) is 4.05. The van der Waals surface area contributed by atoms with Gasteiger partial charge in [0.2, 0.25) is 0 Å². The molecule has 0 unspecified atom stereocenters. The molecule has 6 heteroatoms. The lowest BCUT2D eigenvalue weighted by molar-refractivity contribution is 0.130. The quantitative estimate of drug-likeness (QED) is 0.265. The minimum Gasteiger partial charge on any atom is -0.304 e. The molecule has 70 valence electrons. The molecule has 4 N–H and O–H groups in total. The van der Waals surface area contributed by atoms with Crippen molar-refractivity contribution >= 4 is 17.3 Å². The molecule has 1 aliphatic heterocycles. The molecular weight excluding hydrogens is 174 g/mol. The average Bonchev–Trinajstić information content (AvgIpc) is 2.09. The Balaban J connectivity index is 2.21. The van der Waals surface area contributed by atoms with E-state index in [0.717, 1.165) is 26.2 Å². The van der Waals surface area contributed by atoms with Gasteiger partial charge in [-0.25, -0.2) is 10.9 Å². The summed E-state index contributed by atoms with van der Waals surface area (Å²) in [7, 11) is 2.11. The molecule has 0 amide bonds. The van der Waals surface area contributed by atoms with E-state index in [1.807, 2.05) is 0 Å². The summed E-state index contributed by atoms with van der Waals surface area (Å²) in [6, 6.07) is 0. The van der Waals surface area contributed by atoms with Crippen molar-refractivity contribution < 1.29 is 0 Å². The Morgan fingerprint density at radius 1 is 1.33 bits per heavy atom. The number of nitrogens with zero attached hydrogens (tertiary/aromatic N) is 2. The van der Waals surface area contributed by atoms with Crippen LogP contribution >= 0.6 is 12.2 Å². The maximum absolute atomic E-state index is 5.13. The van der Waals surface area contributed by atoms with Gasteiger partial charge in [0.05, 0.1) is 0 Å². The van der Waals surface area contributed by atoms with Gasteiger partial charge in [-0.15, -0.1) is 0 Å². The van der Waals surface area contributed by atoms with E-state index in [4.69, 9.17) is 18.1 Å². The fourth-order valence-electron chi connectivity index (χ4n) is 1.09. The van der Waals surface area contributed by atoms with Crippen molar-refractivity contribution in [1.29, 1.82) is 0 Å². The smallest absolute Gasteiger partial charge is 0.195 e. The summed E-state index contributed by atoms with van der Waals surface area (Å²) in [5.74, 6) is 5.13. The number of nitrogens with one attached hydrogen (secondary N) is 2. The van der Waals surface area contributed by atoms with Gasteiger partial charge >= 0.3 is 0 Å². The van der Waals surface area contributed by atoms with E-state index in [9.17, 15) is 0 Å². The molecule has 1 saturated heterocycles. The Labute approximate surface area is 77.8 Å². The second-order valence-electron chi connectivity index (χ2n) is 2.88. The van der Waals surface area contributed by atoms with E-state index in [0.29, 0.717) is 5.11 Å². The highest BCUT2D eigenvalue weighted by Gasteiger charge is 2.13. The number of hydrogen-bond donors (Lipinski definition) is 3. The first kappa shape index (κ1) is 9.66. The molecular formula is C6H15N5S. The predicted molar refractivity (Wildman–Crippen MR) is 52.1 cm³/mol. The summed E-state index contributed by atoms with van der Waals surface area (Å²) in [5.41, 5.74) is 5.38.